The number of piperazine rings is 1. The van der Waals surface area contributed by atoms with Crippen molar-refractivity contribution in [3.8, 4) is 17.2 Å². The Bertz CT molecular complexity index is 1120. The fraction of sp³-hybridized carbons (Fsp3) is 0.381. The fourth-order valence-corrected chi connectivity index (χ4v) is 4.95. The first-order valence-electron chi connectivity index (χ1n) is 10.2. The van der Waals surface area contributed by atoms with Crippen LogP contribution in [-0.4, -0.2) is 61.2 Å². The molecule has 0 spiro atoms. The van der Waals surface area contributed by atoms with E-state index in [1.807, 2.05) is 12.1 Å². The van der Waals surface area contributed by atoms with Crippen molar-refractivity contribution in [2.24, 2.45) is 0 Å². The highest BCUT2D eigenvalue weighted by atomic mass is 32.2. The number of rotatable bonds is 7. The molecule has 4 rings (SSSR count). The molecule has 0 N–H and O–H groups in total. The van der Waals surface area contributed by atoms with E-state index in [4.69, 9.17) is 9.15 Å². The number of aromatic nitrogens is 3. The highest BCUT2D eigenvalue weighted by Gasteiger charge is 2.30. The lowest BCUT2D eigenvalue weighted by Crippen LogP contribution is -2.49. The number of hydrogen-bond donors (Lipinski definition) is 0. The Morgan fingerprint density at radius 2 is 1.81 bits per heavy atom. The van der Waals surface area contributed by atoms with E-state index in [0.29, 0.717) is 43.7 Å². The van der Waals surface area contributed by atoms with Gasteiger partial charge in [-0.05, 0) is 42.8 Å². The van der Waals surface area contributed by atoms with Crippen LogP contribution in [0.1, 0.15) is 19.2 Å². The van der Waals surface area contributed by atoms with E-state index in [9.17, 15) is 8.42 Å². The normalized spacial score (nSPS) is 15.2. The molecule has 31 heavy (non-hydrogen) atoms. The predicted octanol–water partition coefficient (Wildman–Crippen LogP) is 2.60. The van der Waals surface area contributed by atoms with Gasteiger partial charge in [0.15, 0.2) is 0 Å². The van der Waals surface area contributed by atoms with Gasteiger partial charge in [-0.1, -0.05) is 6.92 Å². The third kappa shape index (κ3) is 4.40. The van der Waals surface area contributed by atoms with Crippen LogP contribution in [0.2, 0.25) is 0 Å². The minimum atomic E-state index is -3.57. The van der Waals surface area contributed by atoms with Crippen LogP contribution in [0.3, 0.4) is 0 Å². The van der Waals surface area contributed by atoms with Gasteiger partial charge in [0.25, 0.3) is 5.89 Å². The molecule has 0 radical (unpaired) electrons. The predicted molar refractivity (Wildman–Crippen MR) is 115 cm³/mol. The fourth-order valence-electron chi connectivity index (χ4n) is 3.53. The summed E-state index contributed by atoms with van der Waals surface area (Å²) in [4.78, 5) is 6.83. The molecular weight excluding hydrogens is 418 g/mol. The summed E-state index contributed by atoms with van der Waals surface area (Å²) in [6, 6.07) is 10.2. The van der Waals surface area contributed by atoms with E-state index in [1.165, 1.54) is 4.31 Å². The number of ether oxygens (including phenoxy) is 1. The van der Waals surface area contributed by atoms with E-state index >= 15 is 0 Å². The van der Waals surface area contributed by atoms with E-state index in [-0.39, 0.29) is 4.90 Å². The molecule has 0 amide bonds. The molecule has 1 saturated heterocycles. The molecule has 1 aliphatic rings. The average Bonchev–Trinajstić information content (AvgIpc) is 3.28. The van der Waals surface area contributed by atoms with Crippen molar-refractivity contribution in [1.29, 1.82) is 0 Å². The second kappa shape index (κ2) is 9.03. The molecule has 0 bridgehead atoms. The summed E-state index contributed by atoms with van der Waals surface area (Å²) < 4.78 is 38.4. The SMILES string of the molecule is CCCc1nnc(-c2cccnc2N2CCN(S(=O)(=O)c3ccc(OC)cc3)CC2)o1. The maximum absolute atomic E-state index is 13.0. The highest BCUT2D eigenvalue weighted by molar-refractivity contribution is 7.89. The summed E-state index contributed by atoms with van der Waals surface area (Å²) >= 11 is 0. The Morgan fingerprint density at radius 1 is 1.06 bits per heavy atom. The lowest BCUT2D eigenvalue weighted by molar-refractivity contribution is 0.383. The number of nitrogens with zero attached hydrogens (tertiary/aromatic N) is 5. The molecule has 0 aliphatic carbocycles. The average molecular weight is 444 g/mol. The molecule has 3 heterocycles. The van der Waals surface area contributed by atoms with Gasteiger partial charge < -0.3 is 14.1 Å². The van der Waals surface area contributed by atoms with Crippen molar-refractivity contribution in [3.63, 3.8) is 0 Å². The number of sulfonamides is 1. The highest BCUT2D eigenvalue weighted by Crippen LogP contribution is 2.29. The minimum Gasteiger partial charge on any atom is -0.497 e. The van der Waals surface area contributed by atoms with Gasteiger partial charge in [0.2, 0.25) is 15.9 Å². The van der Waals surface area contributed by atoms with Crippen LogP contribution in [0.5, 0.6) is 5.75 Å². The van der Waals surface area contributed by atoms with Gasteiger partial charge in [0.1, 0.15) is 11.6 Å². The van der Waals surface area contributed by atoms with Gasteiger partial charge in [0.05, 0.1) is 17.6 Å². The van der Waals surface area contributed by atoms with Gasteiger partial charge in [0, 0.05) is 38.8 Å². The molecule has 1 fully saturated rings. The molecule has 0 atom stereocenters. The number of benzene rings is 1. The molecule has 2 aromatic heterocycles. The van der Waals surface area contributed by atoms with E-state index in [1.54, 1.807) is 37.6 Å². The van der Waals surface area contributed by atoms with Crippen molar-refractivity contribution >= 4 is 15.8 Å². The van der Waals surface area contributed by atoms with Crippen molar-refractivity contribution in [3.05, 3.63) is 48.5 Å². The van der Waals surface area contributed by atoms with Crippen molar-refractivity contribution in [1.82, 2.24) is 19.5 Å². The zero-order valence-corrected chi connectivity index (χ0v) is 18.4. The van der Waals surface area contributed by atoms with Crippen LogP contribution >= 0.6 is 0 Å². The summed E-state index contributed by atoms with van der Waals surface area (Å²) in [5, 5.41) is 8.27. The van der Waals surface area contributed by atoms with Crippen LogP contribution in [0, 0.1) is 0 Å². The topological polar surface area (TPSA) is 102 Å². The van der Waals surface area contributed by atoms with Gasteiger partial charge in [-0.3, -0.25) is 0 Å². The number of anilines is 1. The molecule has 3 aromatic rings. The van der Waals surface area contributed by atoms with Crippen molar-refractivity contribution in [2.45, 2.75) is 24.7 Å². The Kier molecular flexibility index (Phi) is 6.19. The summed E-state index contributed by atoms with van der Waals surface area (Å²) in [5.74, 6) is 2.37. The zero-order valence-electron chi connectivity index (χ0n) is 17.6. The van der Waals surface area contributed by atoms with Crippen LogP contribution in [0.25, 0.3) is 11.5 Å². The largest absolute Gasteiger partial charge is 0.497 e. The second-order valence-corrected chi connectivity index (χ2v) is 9.13. The number of hydrogen-bond acceptors (Lipinski definition) is 8. The maximum atomic E-state index is 13.0. The monoisotopic (exact) mass is 443 g/mol. The number of pyridine rings is 1. The molecule has 0 saturated carbocycles. The van der Waals surface area contributed by atoms with Gasteiger partial charge in [-0.2, -0.15) is 4.31 Å². The van der Waals surface area contributed by atoms with Gasteiger partial charge in [-0.15, -0.1) is 10.2 Å². The molecule has 0 unspecified atom stereocenters. The quantitative estimate of drug-likeness (QED) is 0.549. The Morgan fingerprint density at radius 3 is 2.48 bits per heavy atom. The summed E-state index contributed by atoms with van der Waals surface area (Å²) in [6.45, 7) is 3.79. The third-order valence-corrected chi connectivity index (χ3v) is 7.10. The van der Waals surface area contributed by atoms with Crippen LogP contribution in [-0.2, 0) is 16.4 Å². The first kappa shape index (κ1) is 21.3. The lowest BCUT2D eigenvalue weighted by atomic mass is 10.2. The first-order valence-corrected chi connectivity index (χ1v) is 11.6. The summed E-state index contributed by atoms with van der Waals surface area (Å²) in [7, 11) is -2.02. The molecule has 1 aromatic carbocycles. The smallest absolute Gasteiger partial charge is 0.251 e. The molecule has 1 aliphatic heterocycles. The van der Waals surface area contributed by atoms with E-state index < -0.39 is 10.0 Å². The third-order valence-electron chi connectivity index (χ3n) is 5.18. The lowest BCUT2D eigenvalue weighted by Gasteiger charge is -2.35. The van der Waals surface area contributed by atoms with E-state index in [2.05, 4.69) is 27.0 Å². The first-order chi connectivity index (χ1) is 15.0. The molecule has 10 heteroatoms. The summed E-state index contributed by atoms with van der Waals surface area (Å²) in [6.07, 6.45) is 3.36. The maximum Gasteiger partial charge on any atom is 0.251 e. The Balaban J connectivity index is 1.50. The number of aryl methyl sites for hydroxylation is 1. The molecule has 164 valence electrons. The van der Waals surface area contributed by atoms with Crippen LogP contribution in [0.15, 0.2) is 51.9 Å². The Labute approximate surface area is 181 Å². The minimum absolute atomic E-state index is 0.259. The van der Waals surface area contributed by atoms with Crippen LogP contribution in [0.4, 0.5) is 5.82 Å². The van der Waals surface area contributed by atoms with Crippen molar-refractivity contribution in [2.75, 3.05) is 38.2 Å². The zero-order chi connectivity index (χ0) is 21.8. The molecule has 9 nitrogen and oxygen atoms in total. The van der Waals surface area contributed by atoms with Gasteiger partial charge >= 0.3 is 0 Å². The van der Waals surface area contributed by atoms with Gasteiger partial charge in [-0.25, -0.2) is 13.4 Å². The van der Waals surface area contributed by atoms with E-state index in [0.717, 1.165) is 24.2 Å². The summed E-state index contributed by atoms with van der Waals surface area (Å²) in [5.41, 5.74) is 0.754. The van der Waals surface area contributed by atoms with Crippen LogP contribution < -0.4 is 9.64 Å². The standard InChI is InChI=1S/C21H25N5O4S/c1-3-5-19-23-24-21(30-19)18-6-4-11-22-20(18)25-12-14-26(15-13-25)31(27,28)17-9-7-16(29-2)8-10-17/h4,6-11H,3,5,12-15H2,1-2H3. The second-order valence-electron chi connectivity index (χ2n) is 7.19. The number of methoxy groups -OCH3 is 1. The van der Waals surface area contributed by atoms with Crippen molar-refractivity contribution < 1.29 is 17.6 Å². The Hall–Kier alpha value is -2.98. The molecular formula is C21H25N5O4S.